The minimum absolute atomic E-state index is 0.0589. The molecule has 13 heteroatoms. The Kier molecular flexibility index (Phi) is 5.53. The second-order valence-corrected chi connectivity index (χ2v) is 8.01. The molecule has 3 heterocycles. The minimum Gasteiger partial charge on any atom is -0.383 e. The van der Waals surface area contributed by atoms with Crippen LogP contribution in [0.15, 0.2) is 9.42 Å². The summed E-state index contributed by atoms with van der Waals surface area (Å²) >= 11 is 0. The fourth-order valence-corrected chi connectivity index (χ4v) is 4.62. The summed E-state index contributed by atoms with van der Waals surface area (Å²) in [5.41, 5.74) is 8.33. The summed E-state index contributed by atoms with van der Waals surface area (Å²) in [7, 11) is 1.47. The Morgan fingerprint density at radius 1 is 1.10 bits per heavy atom. The van der Waals surface area contributed by atoms with E-state index in [0.717, 1.165) is 0 Å². The molecule has 12 nitrogen and oxygen atoms in total. The van der Waals surface area contributed by atoms with Gasteiger partial charge in [-0.1, -0.05) is 5.16 Å². The van der Waals surface area contributed by atoms with Crippen molar-refractivity contribution in [1.29, 1.82) is 0 Å². The van der Waals surface area contributed by atoms with Crippen LogP contribution in [0.3, 0.4) is 0 Å². The monoisotopic (exact) mass is 423 g/mol. The molecule has 6 N–H and O–H groups in total. The SMILES string of the molecule is CNc1nc(N)c2nc(NC)n(CCNS(=O)(=O)c3c(C)noc3C)c2c1NC. The van der Waals surface area contributed by atoms with E-state index < -0.39 is 10.0 Å². The molecule has 0 amide bonds. The molecule has 0 bridgehead atoms. The zero-order chi connectivity index (χ0) is 21.3. The van der Waals surface area contributed by atoms with Gasteiger partial charge in [-0.05, 0) is 13.8 Å². The Hall–Kier alpha value is -3.06. The summed E-state index contributed by atoms with van der Waals surface area (Å²) in [5.74, 6) is 1.62. The second kappa shape index (κ2) is 7.75. The highest BCUT2D eigenvalue weighted by molar-refractivity contribution is 7.89. The summed E-state index contributed by atoms with van der Waals surface area (Å²) in [5, 5.41) is 12.8. The van der Waals surface area contributed by atoms with Crippen LogP contribution in [0.2, 0.25) is 0 Å². The summed E-state index contributed by atoms with van der Waals surface area (Å²) < 4.78 is 34.7. The average Bonchev–Trinajstić information content (AvgIpc) is 3.22. The lowest BCUT2D eigenvalue weighted by Gasteiger charge is -2.14. The molecule has 0 aliphatic heterocycles. The number of anilines is 4. The van der Waals surface area contributed by atoms with Crippen LogP contribution in [0.4, 0.5) is 23.3 Å². The number of nitrogens with zero attached hydrogens (tertiary/aromatic N) is 4. The van der Waals surface area contributed by atoms with Crippen LogP contribution in [0.25, 0.3) is 11.0 Å². The minimum atomic E-state index is -3.77. The Bertz CT molecular complexity index is 1130. The highest BCUT2D eigenvalue weighted by atomic mass is 32.2. The van der Waals surface area contributed by atoms with E-state index in [4.69, 9.17) is 10.3 Å². The van der Waals surface area contributed by atoms with Crippen LogP contribution in [0.1, 0.15) is 11.5 Å². The number of sulfonamides is 1. The summed E-state index contributed by atoms with van der Waals surface area (Å²) in [6, 6.07) is 0. The Morgan fingerprint density at radius 2 is 1.83 bits per heavy atom. The van der Waals surface area contributed by atoms with Crippen molar-refractivity contribution in [3.8, 4) is 0 Å². The van der Waals surface area contributed by atoms with Gasteiger partial charge in [-0.2, -0.15) is 0 Å². The number of fused-ring (bicyclic) bond motifs is 1. The van der Waals surface area contributed by atoms with Crippen LogP contribution in [0, 0.1) is 13.8 Å². The predicted molar refractivity (Wildman–Crippen MR) is 112 cm³/mol. The largest absolute Gasteiger partial charge is 0.383 e. The summed E-state index contributed by atoms with van der Waals surface area (Å²) in [6.07, 6.45) is 0. The number of nitrogens with two attached hydrogens (primary N) is 1. The Morgan fingerprint density at radius 3 is 2.38 bits per heavy atom. The number of hydrogen-bond acceptors (Lipinski definition) is 10. The van der Waals surface area contributed by atoms with Crippen LogP contribution >= 0.6 is 0 Å². The van der Waals surface area contributed by atoms with Gasteiger partial charge >= 0.3 is 0 Å². The van der Waals surface area contributed by atoms with Gasteiger partial charge in [0.15, 0.2) is 17.4 Å². The topological polar surface area (TPSA) is 165 Å². The third-order valence-electron chi connectivity index (χ3n) is 4.49. The van der Waals surface area contributed by atoms with Gasteiger partial charge in [0.05, 0.1) is 0 Å². The molecular weight excluding hydrogens is 398 g/mol. The molecule has 0 saturated carbocycles. The second-order valence-electron chi connectivity index (χ2n) is 6.31. The van der Waals surface area contributed by atoms with Gasteiger partial charge < -0.3 is 30.8 Å². The molecule has 158 valence electrons. The quantitative estimate of drug-likeness (QED) is 0.348. The molecule has 0 atom stereocenters. The van der Waals surface area contributed by atoms with Crippen molar-refractivity contribution in [1.82, 2.24) is 24.4 Å². The van der Waals surface area contributed by atoms with E-state index in [1.54, 1.807) is 35.0 Å². The Labute approximate surface area is 168 Å². The molecule has 0 unspecified atom stereocenters. The molecule has 0 aliphatic carbocycles. The first-order valence-corrected chi connectivity index (χ1v) is 10.4. The van der Waals surface area contributed by atoms with E-state index >= 15 is 0 Å². The summed E-state index contributed by atoms with van der Waals surface area (Å²) in [6.45, 7) is 3.57. The Balaban J connectivity index is 1.97. The van der Waals surface area contributed by atoms with Crippen molar-refractivity contribution in [2.24, 2.45) is 0 Å². The number of imidazole rings is 1. The molecule has 0 spiro atoms. The van der Waals surface area contributed by atoms with Crippen LogP contribution in [-0.4, -0.2) is 55.8 Å². The molecule has 3 rings (SSSR count). The third-order valence-corrected chi connectivity index (χ3v) is 6.20. The van der Waals surface area contributed by atoms with Gasteiger partial charge in [0.1, 0.15) is 27.3 Å². The fraction of sp³-hybridized carbons (Fsp3) is 0.438. The number of nitrogen functional groups attached to an aromatic ring is 1. The maximum Gasteiger partial charge on any atom is 0.246 e. The first-order chi connectivity index (χ1) is 13.7. The van der Waals surface area contributed by atoms with Gasteiger partial charge in [0.2, 0.25) is 16.0 Å². The highest BCUT2D eigenvalue weighted by Gasteiger charge is 2.24. The van der Waals surface area contributed by atoms with Crippen LogP contribution in [0.5, 0.6) is 0 Å². The van der Waals surface area contributed by atoms with E-state index in [2.05, 4.69) is 35.8 Å². The van der Waals surface area contributed by atoms with Crippen molar-refractivity contribution >= 4 is 44.3 Å². The van der Waals surface area contributed by atoms with Crippen molar-refractivity contribution in [3.63, 3.8) is 0 Å². The zero-order valence-corrected chi connectivity index (χ0v) is 17.7. The highest BCUT2D eigenvalue weighted by Crippen LogP contribution is 2.34. The van der Waals surface area contributed by atoms with Gasteiger partial charge in [0, 0.05) is 34.2 Å². The smallest absolute Gasteiger partial charge is 0.246 e. The molecule has 0 aromatic carbocycles. The van der Waals surface area contributed by atoms with E-state index in [9.17, 15) is 8.42 Å². The molecular formula is C16H25N9O3S. The molecule has 3 aromatic rings. The number of rotatable bonds is 8. The third kappa shape index (κ3) is 3.53. The molecule has 0 aliphatic rings. The normalized spacial score (nSPS) is 11.8. The standard InChI is InChI=1S/C16H25N9O3S/c1-8-13(9(2)28-24-8)29(26,27)21-6-7-25-12-10(22-16(25)20-5)14(17)23-15(19-4)11(12)18-3/h18,21H,6-7H2,1-5H3,(H,20,22)(H3,17,19,23). The number of nitrogens with one attached hydrogen (secondary N) is 4. The van der Waals surface area contributed by atoms with Gasteiger partial charge in [-0.15, -0.1) is 0 Å². The van der Waals surface area contributed by atoms with Gasteiger partial charge in [-0.25, -0.2) is 23.1 Å². The van der Waals surface area contributed by atoms with Crippen molar-refractivity contribution in [3.05, 3.63) is 11.5 Å². The number of aryl methyl sites for hydroxylation is 2. The maximum absolute atomic E-state index is 12.7. The first-order valence-electron chi connectivity index (χ1n) is 8.90. The molecule has 0 saturated heterocycles. The van der Waals surface area contributed by atoms with E-state index in [0.29, 0.717) is 40.7 Å². The van der Waals surface area contributed by atoms with Crippen molar-refractivity contribution in [2.75, 3.05) is 49.4 Å². The maximum atomic E-state index is 12.7. The van der Waals surface area contributed by atoms with Gasteiger partial charge in [-0.3, -0.25) is 0 Å². The van der Waals surface area contributed by atoms with Crippen molar-refractivity contribution in [2.45, 2.75) is 25.3 Å². The number of hydrogen-bond donors (Lipinski definition) is 5. The lowest BCUT2D eigenvalue weighted by molar-refractivity contribution is 0.390. The lowest BCUT2D eigenvalue weighted by Crippen LogP contribution is -2.28. The predicted octanol–water partition coefficient (Wildman–Crippen LogP) is 0.722. The van der Waals surface area contributed by atoms with Gasteiger partial charge in [0.25, 0.3) is 0 Å². The van der Waals surface area contributed by atoms with E-state index in [1.807, 2.05) is 4.57 Å². The molecule has 3 aromatic heterocycles. The van der Waals surface area contributed by atoms with Crippen LogP contribution in [-0.2, 0) is 16.6 Å². The molecule has 0 fully saturated rings. The summed E-state index contributed by atoms with van der Waals surface area (Å²) in [4.78, 5) is 8.88. The first kappa shape index (κ1) is 20.7. The average molecular weight is 424 g/mol. The van der Waals surface area contributed by atoms with E-state index in [-0.39, 0.29) is 23.0 Å². The van der Waals surface area contributed by atoms with Crippen molar-refractivity contribution < 1.29 is 12.9 Å². The molecule has 29 heavy (non-hydrogen) atoms. The van der Waals surface area contributed by atoms with E-state index in [1.165, 1.54) is 0 Å². The number of pyridine rings is 1. The molecule has 0 radical (unpaired) electrons. The fourth-order valence-electron chi connectivity index (χ4n) is 3.27. The number of aromatic nitrogens is 4. The zero-order valence-electron chi connectivity index (χ0n) is 16.9. The lowest BCUT2D eigenvalue weighted by atomic mass is 10.3. The van der Waals surface area contributed by atoms with Crippen LogP contribution < -0.4 is 26.4 Å².